The zero-order chi connectivity index (χ0) is 20.1. The molecule has 0 amide bonds. The molecule has 0 radical (unpaired) electrons. The van der Waals surface area contributed by atoms with Crippen LogP contribution in [0.4, 0.5) is 0 Å². The molecule has 1 aliphatic rings. The van der Waals surface area contributed by atoms with Crippen molar-refractivity contribution in [3.05, 3.63) is 0 Å². The van der Waals surface area contributed by atoms with Gasteiger partial charge in [-0.05, 0) is 25.7 Å². The Labute approximate surface area is 175 Å². The maximum atomic E-state index is 11.9. The first-order valence-electron chi connectivity index (χ1n) is 12.8. The molecule has 0 N–H and O–H groups in total. The molecule has 1 rings (SSSR count). The van der Waals surface area contributed by atoms with Crippen LogP contribution in [0, 0.1) is 0 Å². The van der Waals surface area contributed by atoms with E-state index >= 15 is 0 Å². The van der Waals surface area contributed by atoms with E-state index in [-0.39, 0.29) is 0 Å². The molecular formula is C26H48O2. The maximum Gasteiger partial charge on any atom is 0.132 e. The minimum absolute atomic E-state index is 0.492. The van der Waals surface area contributed by atoms with Crippen LogP contribution in [0.5, 0.6) is 0 Å². The number of ketones is 2. The van der Waals surface area contributed by atoms with Gasteiger partial charge < -0.3 is 0 Å². The Balaban J connectivity index is 2.14. The lowest BCUT2D eigenvalue weighted by atomic mass is 10.0. The molecule has 0 aromatic heterocycles. The number of hydrogen-bond donors (Lipinski definition) is 0. The van der Waals surface area contributed by atoms with Crippen molar-refractivity contribution in [3.63, 3.8) is 0 Å². The number of rotatable bonds is 0. The summed E-state index contributed by atoms with van der Waals surface area (Å²) in [5, 5.41) is 0. The van der Waals surface area contributed by atoms with Crippen LogP contribution >= 0.6 is 0 Å². The van der Waals surface area contributed by atoms with E-state index in [1.165, 1.54) is 103 Å². The quantitative estimate of drug-likeness (QED) is 0.414. The van der Waals surface area contributed by atoms with E-state index in [9.17, 15) is 9.59 Å². The van der Waals surface area contributed by atoms with Gasteiger partial charge in [0.05, 0.1) is 0 Å². The monoisotopic (exact) mass is 392 g/mol. The molecule has 1 saturated carbocycles. The molecule has 1 aliphatic carbocycles. The van der Waals surface area contributed by atoms with Gasteiger partial charge in [-0.3, -0.25) is 9.59 Å². The average molecular weight is 393 g/mol. The predicted octanol–water partition coefficient (Wildman–Crippen LogP) is 8.50. The van der Waals surface area contributed by atoms with Gasteiger partial charge in [0.25, 0.3) is 0 Å². The van der Waals surface area contributed by atoms with E-state index in [4.69, 9.17) is 0 Å². The molecular weight excluding hydrogens is 344 g/mol. The molecule has 28 heavy (non-hydrogen) atoms. The van der Waals surface area contributed by atoms with Crippen molar-refractivity contribution in [2.75, 3.05) is 0 Å². The second-order valence-electron chi connectivity index (χ2n) is 9.15. The first-order valence-corrected chi connectivity index (χ1v) is 12.8. The van der Waals surface area contributed by atoms with Crippen LogP contribution in [0.25, 0.3) is 0 Å². The predicted molar refractivity (Wildman–Crippen MR) is 121 cm³/mol. The summed E-state index contributed by atoms with van der Waals surface area (Å²) in [6, 6.07) is 0. The topological polar surface area (TPSA) is 34.1 Å². The average Bonchev–Trinajstić information content (AvgIpc) is 2.69. The molecule has 164 valence electrons. The van der Waals surface area contributed by atoms with Gasteiger partial charge in [0.2, 0.25) is 0 Å². The van der Waals surface area contributed by atoms with E-state index in [1.807, 2.05) is 0 Å². The Morgan fingerprint density at radius 2 is 0.393 bits per heavy atom. The van der Waals surface area contributed by atoms with Crippen LogP contribution < -0.4 is 0 Å². The van der Waals surface area contributed by atoms with Gasteiger partial charge >= 0.3 is 0 Å². The van der Waals surface area contributed by atoms with Crippen molar-refractivity contribution < 1.29 is 9.59 Å². The molecule has 0 aromatic rings. The third kappa shape index (κ3) is 17.4. The molecule has 0 atom stereocenters. The van der Waals surface area contributed by atoms with Gasteiger partial charge in [0.1, 0.15) is 11.6 Å². The Bertz CT molecular complexity index is 339. The van der Waals surface area contributed by atoms with Crippen molar-refractivity contribution in [1.82, 2.24) is 0 Å². The lowest BCUT2D eigenvalue weighted by Crippen LogP contribution is -1.98. The molecule has 2 heteroatoms. The molecule has 0 unspecified atom stereocenters. The fourth-order valence-electron chi connectivity index (χ4n) is 4.37. The fourth-order valence-corrected chi connectivity index (χ4v) is 4.37. The summed E-state index contributed by atoms with van der Waals surface area (Å²) in [7, 11) is 0. The number of hydrogen-bond acceptors (Lipinski definition) is 2. The summed E-state index contributed by atoms with van der Waals surface area (Å²) in [5.74, 6) is 0.984. The summed E-state index contributed by atoms with van der Waals surface area (Å²) >= 11 is 0. The zero-order valence-corrected chi connectivity index (χ0v) is 18.8. The largest absolute Gasteiger partial charge is 0.300 e. The molecule has 0 aromatic carbocycles. The van der Waals surface area contributed by atoms with E-state index in [2.05, 4.69) is 0 Å². The van der Waals surface area contributed by atoms with E-state index in [1.54, 1.807) is 0 Å². The van der Waals surface area contributed by atoms with E-state index in [0.717, 1.165) is 51.4 Å². The number of carbonyl (C=O) groups excluding carboxylic acids is 2. The molecule has 0 aliphatic heterocycles. The van der Waals surface area contributed by atoms with Crippen LogP contribution in [-0.2, 0) is 9.59 Å². The van der Waals surface area contributed by atoms with Gasteiger partial charge in [-0.25, -0.2) is 0 Å². The highest BCUT2D eigenvalue weighted by Crippen LogP contribution is 2.16. The number of Topliss-reactive ketones (excluding diaryl/α,β-unsaturated/α-hetero) is 2. The van der Waals surface area contributed by atoms with Gasteiger partial charge in [-0.15, -0.1) is 0 Å². The van der Waals surface area contributed by atoms with Crippen LogP contribution in [0.15, 0.2) is 0 Å². The lowest BCUT2D eigenvalue weighted by molar-refractivity contribution is -0.120. The number of carbonyl (C=O) groups is 2. The summed E-state index contributed by atoms with van der Waals surface area (Å²) in [5.41, 5.74) is 0. The van der Waals surface area contributed by atoms with Crippen molar-refractivity contribution in [3.8, 4) is 0 Å². The van der Waals surface area contributed by atoms with Gasteiger partial charge in [-0.2, -0.15) is 0 Å². The smallest absolute Gasteiger partial charge is 0.132 e. The molecule has 1 fully saturated rings. The highest BCUT2D eigenvalue weighted by atomic mass is 16.1. The first kappa shape index (κ1) is 25.4. The Kier molecular flexibility index (Phi) is 17.8. The van der Waals surface area contributed by atoms with Crippen molar-refractivity contribution in [2.24, 2.45) is 0 Å². The van der Waals surface area contributed by atoms with Crippen molar-refractivity contribution in [2.45, 2.75) is 154 Å². The zero-order valence-electron chi connectivity index (χ0n) is 18.8. The Hall–Kier alpha value is -0.660. The fraction of sp³-hybridized carbons (Fsp3) is 0.923. The third-order valence-corrected chi connectivity index (χ3v) is 6.32. The van der Waals surface area contributed by atoms with E-state index < -0.39 is 0 Å². The lowest BCUT2D eigenvalue weighted by Gasteiger charge is -2.05. The van der Waals surface area contributed by atoms with Gasteiger partial charge in [-0.1, -0.05) is 103 Å². The highest BCUT2D eigenvalue weighted by Gasteiger charge is 2.04. The third-order valence-electron chi connectivity index (χ3n) is 6.32. The minimum Gasteiger partial charge on any atom is -0.300 e. The minimum atomic E-state index is 0.492. The van der Waals surface area contributed by atoms with Crippen molar-refractivity contribution >= 4 is 11.6 Å². The van der Waals surface area contributed by atoms with Crippen LogP contribution in [0.1, 0.15) is 154 Å². The molecule has 0 spiro atoms. The second-order valence-corrected chi connectivity index (χ2v) is 9.15. The van der Waals surface area contributed by atoms with Crippen LogP contribution in [0.2, 0.25) is 0 Å². The van der Waals surface area contributed by atoms with Gasteiger partial charge in [0, 0.05) is 25.7 Å². The first-order chi connectivity index (χ1) is 13.8. The standard InChI is InChI=1S/C26H48O2/c27-25-21-17-13-9-5-3-1-2-4-6-10-14-18-22-26(28)24-20-16-12-8-7-11-15-19-23-25/h1-24H2. The summed E-state index contributed by atoms with van der Waals surface area (Å²) in [6.07, 6.45) is 28.5. The van der Waals surface area contributed by atoms with Crippen molar-refractivity contribution in [1.29, 1.82) is 0 Å². The van der Waals surface area contributed by atoms with Crippen LogP contribution in [-0.4, -0.2) is 11.6 Å². The summed E-state index contributed by atoms with van der Waals surface area (Å²) in [4.78, 5) is 23.9. The normalized spacial score (nSPS) is 23.3. The SMILES string of the molecule is O=C1CCCCCCCCCCCCCCC(=O)CCCCCCCCCC1. The molecule has 0 bridgehead atoms. The molecule has 2 nitrogen and oxygen atoms in total. The second kappa shape index (κ2) is 19.6. The Morgan fingerprint density at radius 1 is 0.250 bits per heavy atom. The highest BCUT2D eigenvalue weighted by molar-refractivity contribution is 5.78. The van der Waals surface area contributed by atoms with Gasteiger partial charge in [0.15, 0.2) is 0 Å². The maximum absolute atomic E-state index is 11.9. The van der Waals surface area contributed by atoms with Crippen LogP contribution in [0.3, 0.4) is 0 Å². The Morgan fingerprint density at radius 3 is 0.571 bits per heavy atom. The molecule has 0 heterocycles. The van der Waals surface area contributed by atoms with E-state index in [0.29, 0.717) is 11.6 Å². The summed E-state index contributed by atoms with van der Waals surface area (Å²) < 4.78 is 0. The summed E-state index contributed by atoms with van der Waals surface area (Å²) in [6.45, 7) is 0. The molecule has 0 saturated heterocycles.